The van der Waals surface area contributed by atoms with E-state index < -0.39 is 0 Å². The summed E-state index contributed by atoms with van der Waals surface area (Å²) >= 11 is 0. The highest BCUT2D eigenvalue weighted by molar-refractivity contribution is 6.05. The van der Waals surface area contributed by atoms with Crippen LogP contribution in [0.1, 0.15) is 60.3 Å². The molecule has 0 aromatic rings. The Morgan fingerprint density at radius 2 is 2.05 bits per heavy atom. The van der Waals surface area contributed by atoms with E-state index in [2.05, 4.69) is 27.7 Å². The number of esters is 1. The van der Waals surface area contributed by atoms with Crippen molar-refractivity contribution in [2.24, 2.45) is 22.7 Å². The second-order valence-corrected chi connectivity index (χ2v) is 7.24. The van der Waals surface area contributed by atoms with Gasteiger partial charge in [-0.2, -0.15) is 0 Å². The first kappa shape index (κ1) is 16.3. The lowest BCUT2D eigenvalue weighted by atomic mass is 9.70. The van der Waals surface area contributed by atoms with Gasteiger partial charge >= 0.3 is 5.97 Å². The van der Waals surface area contributed by atoms with Gasteiger partial charge in [0.25, 0.3) is 0 Å². The smallest absolute Gasteiger partial charge is 0.312 e. The van der Waals surface area contributed by atoms with Crippen molar-refractivity contribution in [2.75, 3.05) is 6.61 Å². The number of ketones is 1. The van der Waals surface area contributed by atoms with E-state index in [9.17, 15) is 9.59 Å². The quantitative estimate of drug-likeness (QED) is 0.570. The van der Waals surface area contributed by atoms with E-state index in [-0.39, 0.29) is 28.5 Å². The Morgan fingerprint density at radius 1 is 1.38 bits per heavy atom. The molecule has 0 heterocycles. The van der Waals surface area contributed by atoms with Gasteiger partial charge in [-0.05, 0) is 43.1 Å². The molecule has 2 fully saturated rings. The lowest BCUT2D eigenvalue weighted by molar-refractivity contribution is -0.146. The number of rotatable bonds is 5. The summed E-state index contributed by atoms with van der Waals surface area (Å²) in [6, 6.07) is 0. The van der Waals surface area contributed by atoms with Crippen molar-refractivity contribution in [2.45, 2.75) is 60.3 Å². The van der Waals surface area contributed by atoms with Gasteiger partial charge in [-0.15, -0.1) is 0 Å². The highest BCUT2D eigenvalue weighted by atomic mass is 16.5. The van der Waals surface area contributed by atoms with Gasteiger partial charge in [-0.25, -0.2) is 0 Å². The summed E-state index contributed by atoms with van der Waals surface area (Å²) in [5.74, 6) is 0.0935. The van der Waals surface area contributed by atoms with Crippen molar-refractivity contribution in [3.8, 4) is 0 Å². The predicted molar refractivity (Wildman–Crippen MR) is 82.7 cm³/mol. The average Bonchev–Trinajstić information content (AvgIpc) is 2.72. The minimum Gasteiger partial charge on any atom is -0.466 e. The molecule has 2 bridgehead atoms. The molecule has 21 heavy (non-hydrogen) atoms. The number of fused-ring (bicyclic) bond motifs is 2. The molecule has 0 unspecified atom stereocenters. The van der Waals surface area contributed by atoms with Crippen LogP contribution < -0.4 is 0 Å². The molecule has 2 saturated carbocycles. The summed E-state index contributed by atoms with van der Waals surface area (Å²) in [4.78, 5) is 24.9. The van der Waals surface area contributed by atoms with Crippen molar-refractivity contribution in [3.63, 3.8) is 0 Å². The van der Waals surface area contributed by atoms with Crippen molar-refractivity contribution in [1.29, 1.82) is 0 Å². The minimum absolute atomic E-state index is 0.00133. The van der Waals surface area contributed by atoms with Crippen LogP contribution in [0.15, 0.2) is 11.6 Å². The Balaban J connectivity index is 2.32. The molecule has 2 rings (SSSR count). The normalized spacial score (nSPS) is 33.5. The zero-order valence-electron chi connectivity index (χ0n) is 14.0. The number of carbonyl (C=O) groups is 2. The minimum atomic E-state index is -0.271. The van der Waals surface area contributed by atoms with Gasteiger partial charge in [-0.3, -0.25) is 9.59 Å². The average molecular weight is 292 g/mol. The third kappa shape index (κ3) is 2.35. The molecule has 0 aromatic heterocycles. The molecule has 3 nitrogen and oxygen atoms in total. The summed E-state index contributed by atoms with van der Waals surface area (Å²) in [6.07, 6.45) is 5.62. The molecule has 0 aliphatic heterocycles. The fraction of sp³-hybridized carbons (Fsp3) is 0.778. The van der Waals surface area contributed by atoms with E-state index in [0.29, 0.717) is 12.5 Å². The summed E-state index contributed by atoms with van der Waals surface area (Å²) < 4.78 is 5.16. The SMILES string of the molecule is CCC[C@@H](/C=C1/C(=O)[C@@]2(C)CC[C@@H]1C2(C)C)C(=O)OCC. The fourth-order valence-electron chi connectivity index (χ4n) is 4.17. The topological polar surface area (TPSA) is 43.4 Å². The first-order chi connectivity index (χ1) is 9.79. The molecule has 2 aliphatic carbocycles. The van der Waals surface area contributed by atoms with E-state index >= 15 is 0 Å². The lowest BCUT2D eigenvalue weighted by Gasteiger charge is -2.31. The number of Topliss-reactive ketones (excluding diaryl/α,β-unsaturated/α-hetero) is 1. The molecular weight excluding hydrogens is 264 g/mol. The largest absolute Gasteiger partial charge is 0.466 e. The molecule has 2 aliphatic rings. The number of allylic oxidation sites excluding steroid dienone is 1. The van der Waals surface area contributed by atoms with E-state index in [0.717, 1.165) is 31.3 Å². The monoisotopic (exact) mass is 292 g/mol. The van der Waals surface area contributed by atoms with Gasteiger partial charge in [0.15, 0.2) is 5.78 Å². The van der Waals surface area contributed by atoms with Crippen LogP contribution in [0.25, 0.3) is 0 Å². The predicted octanol–water partition coefficient (Wildman–Crippen LogP) is 3.92. The maximum absolute atomic E-state index is 12.8. The second-order valence-electron chi connectivity index (χ2n) is 7.24. The van der Waals surface area contributed by atoms with Crippen LogP contribution in [0.2, 0.25) is 0 Å². The van der Waals surface area contributed by atoms with E-state index in [1.54, 1.807) is 0 Å². The van der Waals surface area contributed by atoms with Gasteiger partial charge in [0.1, 0.15) is 0 Å². The zero-order valence-corrected chi connectivity index (χ0v) is 14.0. The third-order valence-corrected chi connectivity index (χ3v) is 5.93. The van der Waals surface area contributed by atoms with Gasteiger partial charge in [-0.1, -0.05) is 40.2 Å². The number of carbonyl (C=O) groups excluding carboxylic acids is 2. The molecule has 0 amide bonds. The van der Waals surface area contributed by atoms with Crippen LogP contribution in [0.3, 0.4) is 0 Å². The highest BCUT2D eigenvalue weighted by Gasteiger charge is 2.63. The lowest BCUT2D eigenvalue weighted by Crippen LogP contribution is -2.32. The molecule has 0 radical (unpaired) electrons. The van der Waals surface area contributed by atoms with Gasteiger partial charge in [0.05, 0.1) is 12.5 Å². The molecule has 3 atom stereocenters. The number of hydrogen-bond donors (Lipinski definition) is 0. The van der Waals surface area contributed by atoms with Gasteiger partial charge < -0.3 is 4.74 Å². The van der Waals surface area contributed by atoms with Crippen molar-refractivity contribution >= 4 is 11.8 Å². The fourth-order valence-corrected chi connectivity index (χ4v) is 4.17. The highest BCUT2D eigenvalue weighted by Crippen LogP contribution is 2.65. The van der Waals surface area contributed by atoms with E-state index in [1.807, 2.05) is 13.0 Å². The van der Waals surface area contributed by atoms with Crippen LogP contribution in [0.5, 0.6) is 0 Å². The Kier molecular flexibility index (Phi) is 4.32. The van der Waals surface area contributed by atoms with Crippen LogP contribution in [-0.4, -0.2) is 18.4 Å². The van der Waals surface area contributed by atoms with E-state index in [4.69, 9.17) is 4.74 Å². The number of ether oxygens (including phenoxy) is 1. The van der Waals surface area contributed by atoms with Gasteiger partial charge in [0.2, 0.25) is 0 Å². The first-order valence-electron chi connectivity index (χ1n) is 8.22. The Bertz CT molecular complexity index is 475. The molecule has 0 N–H and O–H groups in total. The number of hydrogen-bond acceptors (Lipinski definition) is 3. The Hall–Kier alpha value is -1.12. The standard InChI is InChI=1S/C18H28O3/c1-6-8-12(16(20)21-7-2)11-13-14-9-10-18(5,15(13)19)17(14,3)4/h11-12,14H,6-10H2,1-5H3/b13-11+/t12-,14-,18+/m0/s1. The Labute approximate surface area is 128 Å². The summed E-state index contributed by atoms with van der Waals surface area (Å²) in [5, 5.41) is 0. The maximum Gasteiger partial charge on any atom is 0.312 e. The first-order valence-corrected chi connectivity index (χ1v) is 8.22. The molecule has 0 aromatic carbocycles. The van der Waals surface area contributed by atoms with Crippen LogP contribution in [0, 0.1) is 22.7 Å². The summed E-state index contributed by atoms with van der Waals surface area (Å²) in [7, 11) is 0. The van der Waals surface area contributed by atoms with Crippen molar-refractivity contribution < 1.29 is 14.3 Å². The summed E-state index contributed by atoms with van der Waals surface area (Å²) in [5.41, 5.74) is 0.635. The summed E-state index contributed by atoms with van der Waals surface area (Å²) in [6.45, 7) is 10.8. The molecular formula is C18H28O3. The molecule has 0 spiro atoms. The molecule has 118 valence electrons. The van der Waals surface area contributed by atoms with Crippen LogP contribution in [-0.2, 0) is 14.3 Å². The van der Waals surface area contributed by atoms with E-state index in [1.165, 1.54) is 0 Å². The molecule has 0 saturated heterocycles. The van der Waals surface area contributed by atoms with Crippen molar-refractivity contribution in [3.05, 3.63) is 11.6 Å². The van der Waals surface area contributed by atoms with Crippen LogP contribution >= 0.6 is 0 Å². The van der Waals surface area contributed by atoms with Crippen LogP contribution in [0.4, 0.5) is 0 Å². The third-order valence-electron chi connectivity index (χ3n) is 5.93. The van der Waals surface area contributed by atoms with Crippen molar-refractivity contribution in [1.82, 2.24) is 0 Å². The van der Waals surface area contributed by atoms with Gasteiger partial charge in [0, 0.05) is 5.41 Å². The Morgan fingerprint density at radius 3 is 2.52 bits per heavy atom. The zero-order chi connectivity index (χ0) is 15.8. The molecule has 3 heteroatoms. The maximum atomic E-state index is 12.8. The second kappa shape index (κ2) is 5.58.